The number of nitrogens with zero attached hydrogens (tertiary/aromatic N) is 1. The number of pyridine rings is 1. The lowest BCUT2D eigenvalue weighted by Gasteiger charge is -2.19. The number of urea groups is 1. The molecule has 10 heteroatoms. The largest absolute Gasteiger partial charge is 0.487 e. The Bertz CT molecular complexity index is 1350. The molecule has 2 aliphatic heterocycles. The lowest BCUT2D eigenvalue weighted by molar-refractivity contribution is -0.116. The van der Waals surface area contributed by atoms with Crippen molar-refractivity contribution in [2.24, 2.45) is 0 Å². The first-order valence-corrected chi connectivity index (χ1v) is 11.5. The van der Waals surface area contributed by atoms with Crippen molar-refractivity contribution >= 4 is 46.6 Å². The summed E-state index contributed by atoms with van der Waals surface area (Å²) in [5, 5.41) is 9.28. The summed E-state index contributed by atoms with van der Waals surface area (Å²) >= 11 is 11.9. The topological polar surface area (TPSA) is 102 Å². The molecule has 3 amide bonds. The van der Waals surface area contributed by atoms with E-state index in [-0.39, 0.29) is 30.0 Å². The minimum absolute atomic E-state index is 0.0451. The number of carbonyl (C=O) groups excluding carboxylic acids is 2. The van der Waals surface area contributed by atoms with E-state index in [1.165, 1.54) is 0 Å². The summed E-state index contributed by atoms with van der Waals surface area (Å²) in [7, 11) is 0. The van der Waals surface area contributed by atoms with Gasteiger partial charge in [0.2, 0.25) is 5.91 Å². The molecular formula is C24H18Cl2N4O4. The molecule has 2 aromatic carbocycles. The molecule has 172 valence electrons. The van der Waals surface area contributed by atoms with Gasteiger partial charge in [-0.25, -0.2) is 9.78 Å². The molecule has 3 atom stereocenters. The molecule has 1 saturated carbocycles. The Balaban J connectivity index is 1.14. The number of halogens is 2. The van der Waals surface area contributed by atoms with Gasteiger partial charge in [0.05, 0.1) is 22.0 Å². The molecule has 3 N–H and O–H groups in total. The normalized spacial score (nSPS) is 21.4. The Hall–Kier alpha value is -3.49. The number of benzene rings is 2. The predicted octanol–water partition coefficient (Wildman–Crippen LogP) is 5.11. The molecule has 1 aliphatic carbocycles. The maximum Gasteiger partial charge on any atom is 0.319 e. The quantitative estimate of drug-likeness (QED) is 0.465. The molecule has 3 aromatic rings. The molecule has 0 saturated heterocycles. The van der Waals surface area contributed by atoms with Crippen LogP contribution in [-0.2, 0) is 11.2 Å². The second kappa shape index (κ2) is 8.07. The average molecular weight is 497 g/mol. The molecule has 1 fully saturated rings. The van der Waals surface area contributed by atoms with Gasteiger partial charge in [0.15, 0.2) is 0 Å². The Kier molecular flexibility index (Phi) is 5.00. The minimum atomic E-state index is -0.346. The highest BCUT2D eigenvalue weighted by atomic mass is 35.5. The van der Waals surface area contributed by atoms with E-state index in [0.29, 0.717) is 45.9 Å². The van der Waals surface area contributed by atoms with Crippen molar-refractivity contribution in [3.05, 3.63) is 69.8 Å². The third kappa shape index (κ3) is 3.78. The molecular weight excluding hydrogens is 479 g/mol. The van der Waals surface area contributed by atoms with Crippen LogP contribution in [0.15, 0.2) is 48.7 Å². The van der Waals surface area contributed by atoms with Crippen LogP contribution in [0, 0.1) is 0 Å². The van der Waals surface area contributed by atoms with Crippen LogP contribution in [0.5, 0.6) is 17.2 Å². The number of hydrogen-bond donors (Lipinski definition) is 3. The van der Waals surface area contributed by atoms with Crippen LogP contribution >= 0.6 is 23.2 Å². The lowest BCUT2D eigenvalue weighted by atomic mass is 10.1. The Morgan fingerprint density at radius 1 is 1.12 bits per heavy atom. The third-order valence-electron chi connectivity index (χ3n) is 6.13. The first-order chi connectivity index (χ1) is 16.5. The van der Waals surface area contributed by atoms with Gasteiger partial charge >= 0.3 is 6.03 Å². The fourth-order valence-corrected chi connectivity index (χ4v) is 4.75. The summed E-state index contributed by atoms with van der Waals surface area (Å²) in [6.07, 6.45) is 2.46. The predicted molar refractivity (Wildman–Crippen MR) is 127 cm³/mol. The van der Waals surface area contributed by atoms with Gasteiger partial charge in [-0.15, -0.1) is 0 Å². The highest BCUT2D eigenvalue weighted by Gasteiger charge is 2.59. The number of rotatable bonds is 4. The Morgan fingerprint density at radius 3 is 2.85 bits per heavy atom. The molecule has 34 heavy (non-hydrogen) atoms. The number of fused-ring (bicyclic) bond motifs is 4. The van der Waals surface area contributed by atoms with Crippen molar-refractivity contribution < 1.29 is 19.1 Å². The first-order valence-electron chi connectivity index (χ1n) is 10.7. The van der Waals surface area contributed by atoms with Gasteiger partial charge in [-0.1, -0.05) is 23.2 Å². The fourth-order valence-electron chi connectivity index (χ4n) is 4.45. The highest BCUT2D eigenvalue weighted by Crippen LogP contribution is 2.54. The van der Waals surface area contributed by atoms with Crippen LogP contribution in [0.2, 0.25) is 10.0 Å². The Morgan fingerprint density at radius 2 is 2.00 bits per heavy atom. The summed E-state index contributed by atoms with van der Waals surface area (Å²) in [5.74, 6) is 2.63. The van der Waals surface area contributed by atoms with Gasteiger partial charge in [-0.2, -0.15) is 0 Å². The van der Waals surface area contributed by atoms with Gasteiger partial charge < -0.3 is 25.4 Å². The van der Waals surface area contributed by atoms with Crippen LogP contribution in [-0.4, -0.2) is 29.1 Å². The fraction of sp³-hybridized carbons (Fsp3) is 0.208. The van der Waals surface area contributed by atoms with Crippen molar-refractivity contribution in [3.8, 4) is 17.2 Å². The van der Waals surface area contributed by atoms with E-state index in [0.717, 1.165) is 16.9 Å². The highest BCUT2D eigenvalue weighted by molar-refractivity contribution is 6.42. The van der Waals surface area contributed by atoms with Gasteiger partial charge in [0.1, 0.15) is 29.2 Å². The standard InChI is InChI=1S/C24H18Cl2N4O4/c25-15-4-1-11(9-16(15)26)28-24(32)30-21-20-14-10-12(2-5-17(14)34-22(20)21)33-18-7-8-27-23-13(18)3-6-19(31)29-23/h1-2,4-5,7-10,20-22H,3,6H2,(H,27,29,31)(H2,28,30,32)/t20-,21?,22-/m0/s1. The zero-order valence-corrected chi connectivity index (χ0v) is 19.1. The second-order valence-corrected chi connectivity index (χ2v) is 9.16. The summed E-state index contributed by atoms with van der Waals surface area (Å²) in [6, 6.07) is 11.9. The second-order valence-electron chi connectivity index (χ2n) is 8.35. The molecule has 6 rings (SSSR count). The van der Waals surface area contributed by atoms with Crippen LogP contribution in [0.4, 0.5) is 16.3 Å². The molecule has 3 aliphatic rings. The van der Waals surface area contributed by atoms with E-state index in [2.05, 4.69) is 20.9 Å². The van der Waals surface area contributed by atoms with Crippen molar-refractivity contribution in [3.63, 3.8) is 0 Å². The number of hydrogen-bond acceptors (Lipinski definition) is 5. The van der Waals surface area contributed by atoms with Crippen LogP contribution in [0.25, 0.3) is 0 Å². The summed E-state index contributed by atoms with van der Waals surface area (Å²) in [5.41, 5.74) is 2.41. The summed E-state index contributed by atoms with van der Waals surface area (Å²) in [6.45, 7) is 0. The molecule has 0 radical (unpaired) electrons. The molecule has 8 nitrogen and oxygen atoms in total. The van der Waals surface area contributed by atoms with Gasteiger partial charge in [-0.3, -0.25) is 4.79 Å². The van der Waals surface area contributed by atoms with E-state index < -0.39 is 0 Å². The van der Waals surface area contributed by atoms with Crippen molar-refractivity contribution in [2.45, 2.75) is 30.9 Å². The molecule has 0 spiro atoms. The first kappa shape index (κ1) is 21.1. The number of aromatic nitrogens is 1. The van der Waals surface area contributed by atoms with Crippen LogP contribution in [0.3, 0.4) is 0 Å². The number of carbonyl (C=O) groups is 2. The number of ether oxygens (including phenoxy) is 2. The van der Waals surface area contributed by atoms with Gasteiger partial charge in [-0.05, 0) is 48.9 Å². The minimum Gasteiger partial charge on any atom is -0.487 e. The van der Waals surface area contributed by atoms with Gasteiger partial charge in [0.25, 0.3) is 0 Å². The number of anilines is 2. The smallest absolute Gasteiger partial charge is 0.319 e. The zero-order valence-electron chi connectivity index (χ0n) is 17.6. The van der Waals surface area contributed by atoms with E-state index in [1.54, 1.807) is 30.5 Å². The van der Waals surface area contributed by atoms with E-state index in [9.17, 15) is 9.59 Å². The van der Waals surface area contributed by atoms with Crippen LogP contribution < -0.4 is 25.4 Å². The Labute approximate surface area is 204 Å². The zero-order chi connectivity index (χ0) is 23.4. The number of amides is 3. The monoisotopic (exact) mass is 496 g/mol. The molecule has 1 aromatic heterocycles. The number of nitrogens with one attached hydrogen (secondary N) is 3. The van der Waals surface area contributed by atoms with Crippen molar-refractivity contribution in [2.75, 3.05) is 10.6 Å². The SMILES string of the molecule is O=C1CCc2c(Oc3ccc4c(c3)[C@H]3C(NC(=O)Nc5ccc(Cl)c(Cl)c5)[C@H]3O4)ccnc2N1. The van der Waals surface area contributed by atoms with Crippen LogP contribution in [0.1, 0.15) is 23.5 Å². The molecule has 3 heterocycles. The van der Waals surface area contributed by atoms with Crippen molar-refractivity contribution in [1.29, 1.82) is 0 Å². The summed E-state index contributed by atoms with van der Waals surface area (Å²) < 4.78 is 12.1. The van der Waals surface area contributed by atoms with Gasteiger partial charge in [0, 0.05) is 29.4 Å². The summed E-state index contributed by atoms with van der Waals surface area (Å²) in [4.78, 5) is 28.3. The van der Waals surface area contributed by atoms with Crippen molar-refractivity contribution in [1.82, 2.24) is 10.3 Å². The average Bonchev–Trinajstić information content (AvgIpc) is 3.32. The lowest BCUT2D eigenvalue weighted by Crippen LogP contribution is -2.34. The van der Waals surface area contributed by atoms with E-state index in [4.69, 9.17) is 32.7 Å². The van der Waals surface area contributed by atoms with E-state index >= 15 is 0 Å². The van der Waals surface area contributed by atoms with E-state index in [1.807, 2.05) is 18.2 Å². The maximum atomic E-state index is 12.5. The molecule has 1 unspecified atom stereocenters. The third-order valence-corrected chi connectivity index (χ3v) is 6.87. The molecule has 0 bridgehead atoms. The maximum absolute atomic E-state index is 12.5.